The fourth-order valence-corrected chi connectivity index (χ4v) is 4.01. The topological polar surface area (TPSA) is 52.0 Å². The average molecular weight is 196 g/mol. The van der Waals surface area contributed by atoms with Gasteiger partial charge in [-0.3, -0.25) is 0 Å². The molecule has 0 aliphatic heterocycles. The van der Waals surface area contributed by atoms with E-state index in [0.29, 0.717) is 10.8 Å². The second-order valence-electron chi connectivity index (χ2n) is 5.38. The van der Waals surface area contributed by atoms with Crippen LogP contribution in [-0.4, -0.2) is 13.1 Å². The molecule has 0 bridgehead atoms. The lowest BCUT2D eigenvalue weighted by atomic mass is 9.50. The fraction of sp³-hybridized carbons (Fsp3) is 1.00. The Hall–Kier alpha value is -0.0800. The van der Waals surface area contributed by atoms with Gasteiger partial charge in [-0.15, -0.1) is 0 Å². The first kappa shape index (κ1) is 10.4. The Kier molecular flexibility index (Phi) is 2.85. The summed E-state index contributed by atoms with van der Waals surface area (Å²) < 4.78 is 0. The molecule has 0 atom stereocenters. The van der Waals surface area contributed by atoms with Crippen LogP contribution in [0, 0.1) is 10.8 Å². The third kappa shape index (κ3) is 1.31. The van der Waals surface area contributed by atoms with Gasteiger partial charge in [0.15, 0.2) is 0 Å². The van der Waals surface area contributed by atoms with Crippen molar-refractivity contribution in [3.05, 3.63) is 0 Å². The van der Waals surface area contributed by atoms with Gasteiger partial charge in [-0.2, -0.15) is 0 Å². The SMILES string of the molecule is NCC12CCCCC1(CN)CCCC2. The zero-order valence-corrected chi connectivity index (χ0v) is 9.23. The molecule has 0 unspecified atom stereocenters. The summed E-state index contributed by atoms with van der Waals surface area (Å²) in [5.41, 5.74) is 12.9. The number of hydrogen-bond acceptors (Lipinski definition) is 2. The zero-order valence-electron chi connectivity index (χ0n) is 9.23. The second kappa shape index (κ2) is 3.82. The number of rotatable bonds is 2. The van der Waals surface area contributed by atoms with Crippen LogP contribution in [0.1, 0.15) is 51.4 Å². The zero-order chi connectivity index (χ0) is 10.1. The molecule has 0 aromatic rings. The van der Waals surface area contributed by atoms with E-state index in [4.69, 9.17) is 11.5 Å². The number of fused-ring (bicyclic) bond motifs is 1. The average Bonchev–Trinajstić information content (AvgIpc) is 2.28. The van der Waals surface area contributed by atoms with Crippen LogP contribution in [0.5, 0.6) is 0 Å². The maximum atomic E-state index is 6.05. The summed E-state index contributed by atoms with van der Waals surface area (Å²) >= 11 is 0. The molecule has 2 nitrogen and oxygen atoms in total. The van der Waals surface area contributed by atoms with Crippen molar-refractivity contribution in [1.29, 1.82) is 0 Å². The van der Waals surface area contributed by atoms with Crippen LogP contribution in [-0.2, 0) is 0 Å². The third-order valence-corrected chi connectivity index (χ3v) is 5.03. The fourth-order valence-electron chi connectivity index (χ4n) is 4.01. The minimum Gasteiger partial charge on any atom is -0.330 e. The van der Waals surface area contributed by atoms with Gasteiger partial charge in [-0.25, -0.2) is 0 Å². The van der Waals surface area contributed by atoms with Crippen molar-refractivity contribution in [2.75, 3.05) is 13.1 Å². The van der Waals surface area contributed by atoms with E-state index in [2.05, 4.69) is 0 Å². The molecule has 0 aromatic carbocycles. The smallest absolute Gasteiger partial charge is 0.00147 e. The summed E-state index contributed by atoms with van der Waals surface area (Å²) in [7, 11) is 0. The quantitative estimate of drug-likeness (QED) is 0.710. The minimum atomic E-state index is 0.415. The standard InChI is InChI=1S/C12H24N2/c13-9-11-5-1-2-6-12(11,10-14)8-4-3-7-11/h1-10,13-14H2. The van der Waals surface area contributed by atoms with Gasteiger partial charge in [0.1, 0.15) is 0 Å². The summed E-state index contributed by atoms with van der Waals surface area (Å²) in [5.74, 6) is 0. The van der Waals surface area contributed by atoms with Crippen LogP contribution in [0.4, 0.5) is 0 Å². The molecule has 4 N–H and O–H groups in total. The Bertz CT molecular complexity index is 166. The molecule has 0 spiro atoms. The summed E-state index contributed by atoms with van der Waals surface area (Å²) in [6, 6.07) is 0. The largest absolute Gasteiger partial charge is 0.330 e. The first-order chi connectivity index (χ1) is 6.79. The molecule has 2 heteroatoms. The summed E-state index contributed by atoms with van der Waals surface area (Å²) in [5, 5.41) is 0. The Morgan fingerprint density at radius 3 is 1.14 bits per heavy atom. The minimum absolute atomic E-state index is 0.415. The molecule has 2 fully saturated rings. The van der Waals surface area contributed by atoms with Gasteiger partial charge in [0.05, 0.1) is 0 Å². The van der Waals surface area contributed by atoms with Gasteiger partial charge in [-0.1, -0.05) is 25.7 Å². The van der Waals surface area contributed by atoms with Crippen molar-refractivity contribution in [2.45, 2.75) is 51.4 Å². The molecular weight excluding hydrogens is 172 g/mol. The highest BCUT2D eigenvalue weighted by Crippen LogP contribution is 2.57. The molecule has 0 saturated heterocycles. The van der Waals surface area contributed by atoms with Gasteiger partial charge in [0.25, 0.3) is 0 Å². The Morgan fingerprint density at radius 1 is 0.643 bits per heavy atom. The summed E-state index contributed by atoms with van der Waals surface area (Å²) in [4.78, 5) is 0. The van der Waals surface area contributed by atoms with Crippen molar-refractivity contribution in [3.63, 3.8) is 0 Å². The maximum Gasteiger partial charge on any atom is -0.00147 e. The van der Waals surface area contributed by atoms with E-state index in [-0.39, 0.29) is 0 Å². The second-order valence-corrected chi connectivity index (χ2v) is 5.38. The van der Waals surface area contributed by atoms with E-state index in [1.165, 1.54) is 51.4 Å². The van der Waals surface area contributed by atoms with Crippen LogP contribution in [0.25, 0.3) is 0 Å². The van der Waals surface area contributed by atoms with Crippen molar-refractivity contribution >= 4 is 0 Å². The molecule has 2 rings (SSSR count). The van der Waals surface area contributed by atoms with Gasteiger partial charge >= 0.3 is 0 Å². The Labute approximate surface area is 87.4 Å². The lowest BCUT2D eigenvalue weighted by molar-refractivity contribution is -0.0417. The third-order valence-electron chi connectivity index (χ3n) is 5.03. The molecule has 2 aliphatic carbocycles. The van der Waals surface area contributed by atoms with Crippen molar-refractivity contribution in [1.82, 2.24) is 0 Å². The van der Waals surface area contributed by atoms with E-state index < -0.39 is 0 Å². The van der Waals surface area contributed by atoms with Crippen LogP contribution in [0.2, 0.25) is 0 Å². The van der Waals surface area contributed by atoms with Gasteiger partial charge < -0.3 is 11.5 Å². The maximum absolute atomic E-state index is 6.05. The molecule has 0 aromatic heterocycles. The highest BCUT2D eigenvalue weighted by molar-refractivity contribution is 5.03. The first-order valence-electron chi connectivity index (χ1n) is 6.19. The lowest BCUT2D eigenvalue weighted by Crippen LogP contribution is -2.54. The molecule has 14 heavy (non-hydrogen) atoms. The highest BCUT2D eigenvalue weighted by Gasteiger charge is 2.51. The molecule has 2 saturated carbocycles. The number of nitrogens with two attached hydrogens (primary N) is 2. The monoisotopic (exact) mass is 196 g/mol. The van der Waals surface area contributed by atoms with Crippen molar-refractivity contribution in [2.24, 2.45) is 22.3 Å². The molecule has 0 amide bonds. The molecule has 0 radical (unpaired) electrons. The predicted molar refractivity (Wildman–Crippen MR) is 59.9 cm³/mol. The van der Waals surface area contributed by atoms with E-state index in [0.717, 1.165) is 13.1 Å². The first-order valence-corrected chi connectivity index (χ1v) is 6.19. The Balaban J connectivity index is 2.27. The summed E-state index contributed by atoms with van der Waals surface area (Å²) in [6.07, 6.45) is 10.8. The van der Waals surface area contributed by atoms with Gasteiger partial charge in [-0.05, 0) is 49.6 Å². The van der Waals surface area contributed by atoms with Crippen molar-refractivity contribution in [3.8, 4) is 0 Å². The normalized spacial score (nSPS) is 43.3. The number of hydrogen-bond donors (Lipinski definition) is 2. The van der Waals surface area contributed by atoms with Crippen LogP contribution >= 0.6 is 0 Å². The van der Waals surface area contributed by atoms with E-state index in [9.17, 15) is 0 Å². The predicted octanol–water partition coefficient (Wildman–Crippen LogP) is 2.02. The van der Waals surface area contributed by atoms with Crippen LogP contribution in [0.15, 0.2) is 0 Å². The summed E-state index contributed by atoms with van der Waals surface area (Å²) in [6.45, 7) is 1.73. The molecule has 0 heterocycles. The van der Waals surface area contributed by atoms with Crippen LogP contribution < -0.4 is 11.5 Å². The van der Waals surface area contributed by atoms with Crippen LogP contribution in [0.3, 0.4) is 0 Å². The van der Waals surface area contributed by atoms with E-state index >= 15 is 0 Å². The molecule has 2 aliphatic rings. The van der Waals surface area contributed by atoms with Gasteiger partial charge in [0, 0.05) is 0 Å². The molecular formula is C12H24N2. The van der Waals surface area contributed by atoms with Gasteiger partial charge in [0.2, 0.25) is 0 Å². The van der Waals surface area contributed by atoms with E-state index in [1.54, 1.807) is 0 Å². The Morgan fingerprint density at radius 2 is 0.929 bits per heavy atom. The molecule has 82 valence electrons. The van der Waals surface area contributed by atoms with Crippen molar-refractivity contribution < 1.29 is 0 Å². The lowest BCUT2D eigenvalue weighted by Gasteiger charge is -2.56. The highest BCUT2D eigenvalue weighted by atomic mass is 14.7. The van der Waals surface area contributed by atoms with E-state index in [1.807, 2.05) is 0 Å².